The molecular formula is C24H16Cl3N3O5S. The standard InChI is InChI=1S/C24H16Cl3N3O5S/c1-34-20-8-14(7-19(27)23(20)35-12-13-2-4-17(25)18(26)6-13)11-28-29-24(31)22-10-15-9-16(30(32)33)3-5-21(15)36-22/h2-11H,12H2,1H3,(H,29,31)/b28-11-. The van der Waals surface area contributed by atoms with Gasteiger partial charge in [-0.15, -0.1) is 11.3 Å². The number of amides is 1. The van der Waals surface area contributed by atoms with Gasteiger partial charge in [-0.1, -0.05) is 40.9 Å². The summed E-state index contributed by atoms with van der Waals surface area (Å²) in [5, 5.41) is 16.7. The van der Waals surface area contributed by atoms with Gasteiger partial charge in [0.2, 0.25) is 0 Å². The fraction of sp³-hybridized carbons (Fsp3) is 0.0833. The molecule has 0 saturated heterocycles. The van der Waals surface area contributed by atoms with Gasteiger partial charge in [-0.2, -0.15) is 5.10 Å². The number of ether oxygens (including phenoxy) is 2. The largest absolute Gasteiger partial charge is 0.493 e. The molecule has 184 valence electrons. The number of carbonyl (C=O) groups excluding carboxylic acids is 1. The number of thiophene rings is 1. The van der Waals surface area contributed by atoms with E-state index in [-0.39, 0.29) is 17.3 Å². The third kappa shape index (κ3) is 5.88. The molecule has 0 bridgehead atoms. The number of hydrogen-bond acceptors (Lipinski definition) is 7. The van der Waals surface area contributed by atoms with E-state index >= 15 is 0 Å². The smallest absolute Gasteiger partial charge is 0.281 e. The maximum atomic E-state index is 12.5. The summed E-state index contributed by atoms with van der Waals surface area (Å²) in [4.78, 5) is 23.3. The highest BCUT2D eigenvalue weighted by Gasteiger charge is 2.14. The van der Waals surface area contributed by atoms with Crippen LogP contribution in [-0.4, -0.2) is 24.2 Å². The van der Waals surface area contributed by atoms with Crippen LogP contribution in [0.25, 0.3) is 10.1 Å². The van der Waals surface area contributed by atoms with Crippen molar-refractivity contribution in [3.63, 3.8) is 0 Å². The van der Waals surface area contributed by atoms with E-state index in [1.807, 2.05) is 0 Å². The Morgan fingerprint density at radius 3 is 2.61 bits per heavy atom. The van der Waals surface area contributed by atoms with E-state index in [1.165, 1.54) is 36.8 Å². The normalized spacial score (nSPS) is 11.1. The fourth-order valence-electron chi connectivity index (χ4n) is 3.22. The Labute approximate surface area is 224 Å². The summed E-state index contributed by atoms with van der Waals surface area (Å²) in [5.41, 5.74) is 3.76. The SMILES string of the molecule is COc1cc(/C=N\NC(=O)c2cc3cc([N+](=O)[O-])ccc3s2)cc(Cl)c1OCc1ccc(Cl)c(Cl)c1. The highest BCUT2D eigenvalue weighted by atomic mass is 35.5. The number of nitrogens with one attached hydrogen (secondary N) is 1. The van der Waals surface area contributed by atoms with Gasteiger partial charge in [-0.05, 0) is 47.5 Å². The predicted molar refractivity (Wildman–Crippen MR) is 142 cm³/mol. The first-order chi connectivity index (χ1) is 17.2. The van der Waals surface area contributed by atoms with Gasteiger partial charge >= 0.3 is 0 Å². The number of nitro groups is 1. The molecular weight excluding hydrogens is 549 g/mol. The molecule has 0 aliphatic heterocycles. The van der Waals surface area contributed by atoms with Gasteiger partial charge in [0.1, 0.15) is 6.61 Å². The van der Waals surface area contributed by atoms with Crippen molar-refractivity contribution < 1.29 is 19.2 Å². The zero-order valence-corrected chi connectivity index (χ0v) is 21.5. The highest BCUT2D eigenvalue weighted by molar-refractivity contribution is 7.20. The first-order valence-corrected chi connectivity index (χ1v) is 12.2. The first-order valence-electron chi connectivity index (χ1n) is 10.2. The van der Waals surface area contributed by atoms with E-state index in [1.54, 1.807) is 42.5 Å². The lowest BCUT2D eigenvalue weighted by Crippen LogP contribution is -2.16. The van der Waals surface area contributed by atoms with Gasteiger partial charge in [0.05, 0.1) is 38.2 Å². The number of nitrogens with zero attached hydrogens (tertiary/aromatic N) is 2. The van der Waals surface area contributed by atoms with Crippen molar-refractivity contribution in [3.8, 4) is 11.5 Å². The minimum atomic E-state index is -0.482. The van der Waals surface area contributed by atoms with Crippen LogP contribution >= 0.6 is 46.1 Å². The van der Waals surface area contributed by atoms with Crippen LogP contribution < -0.4 is 14.9 Å². The zero-order chi connectivity index (χ0) is 25.8. The number of methoxy groups -OCH3 is 1. The second-order valence-electron chi connectivity index (χ2n) is 7.36. The molecule has 0 aliphatic rings. The summed E-state index contributed by atoms with van der Waals surface area (Å²) >= 11 is 19.6. The average Bonchev–Trinajstić information content (AvgIpc) is 3.28. The van der Waals surface area contributed by atoms with Crippen LogP contribution in [0.4, 0.5) is 5.69 Å². The van der Waals surface area contributed by atoms with Crippen molar-refractivity contribution >= 4 is 74.0 Å². The summed E-state index contributed by atoms with van der Waals surface area (Å²) in [7, 11) is 1.48. The molecule has 36 heavy (non-hydrogen) atoms. The maximum Gasteiger partial charge on any atom is 0.281 e. The van der Waals surface area contributed by atoms with E-state index in [9.17, 15) is 14.9 Å². The number of benzene rings is 3. The number of halogens is 3. The number of hydrogen-bond donors (Lipinski definition) is 1. The van der Waals surface area contributed by atoms with Crippen molar-refractivity contribution in [2.75, 3.05) is 7.11 Å². The predicted octanol–water partition coefficient (Wildman–Crippen LogP) is 7.12. The minimum Gasteiger partial charge on any atom is -0.493 e. The third-order valence-corrected chi connectivity index (χ3v) is 7.07. The summed E-state index contributed by atoms with van der Waals surface area (Å²) in [5.74, 6) is 0.266. The molecule has 1 aromatic heterocycles. The molecule has 0 aliphatic carbocycles. The Morgan fingerprint density at radius 2 is 1.89 bits per heavy atom. The van der Waals surface area contributed by atoms with Gasteiger partial charge in [-0.25, -0.2) is 5.43 Å². The molecule has 3 aromatic carbocycles. The molecule has 1 amide bonds. The van der Waals surface area contributed by atoms with E-state index in [2.05, 4.69) is 10.5 Å². The zero-order valence-electron chi connectivity index (χ0n) is 18.5. The average molecular weight is 565 g/mol. The summed E-state index contributed by atoms with van der Waals surface area (Å²) < 4.78 is 12.0. The number of fused-ring (bicyclic) bond motifs is 1. The van der Waals surface area contributed by atoms with Crippen molar-refractivity contribution in [2.45, 2.75) is 6.61 Å². The molecule has 0 fully saturated rings. The van der Waals surface area contributed by atoms with E-state index in [0.717, 1.165) is 10.3 Å². The lowest BCUT2D eigenvalue weighted by molar-refractivity contribution is -0.384. The molecule has 0 unspecified atom stereocenters. The van der Waals surface area contributed by atoms with Crippen LogP contribution in [-0.2, 0) is 6.61 Å². The van der Waals surface area contributed by atoms with Crippen LogP contribution in [0.2, 0.25) is 15.1 Å². The minimum absolute atomic E-state index is 0.0412. The van der Waals surface area contributed by atoms with Crippen LogP contribution in [0, 0.1) is 10.1 Å². The fourth-order valence-corrected chi connectivity index (χ4v) is 4.74. The van der Waals surface area contributed by atoms with Gasteiger partial charge < -0.3 is 9.47 Å². The van der Waals surface area contributed by atoms with Gasteiger partial charge in [0.25, 0.3) is 11.6 Å². The maximum absolute atomic E-state index is 12.5. The third-order valence-electron chi connectivity index (χ3n) is 4.93. The number of carbonyl (C=O) groups is 1. The van der Waals surface area contributed by atoms with E-state index < -0.39 is 10.8 Å². The Morgan fingerprint density at radius 1 is 1.08 bits per heavy atom. The van der Waals surface area contributed by atoms with Crippen LogP contribution in [0.3, 0.4) is 0 Å². The second kappa shape index (κ2) is 11.1. The number of rotatable bonds is 8. The van der Waals surface area contributed by atoms with Gasteiger partial charge in [0, 0.05) is 22.2 Å². The molecule has 0 atom stereocenters. The Balaban J connectivity index is 1.44. The van der Waals surface area contributed by atoms with Crippen molar-refractivity contribution in [3.05, 3.63) is 95.8 Å². The van der Waals surface area contributed by atoms with E-state index in [4.69, 9.17) is 44.3 Å². The molecule has 8 nitrogen and oxygen atoms in total. The summed E-state index contributed by atoms with van der Waals surface area (Å²) in [6, 6.07) is 14.4. The van der Waals surface area contributed by atoms with Crippen LogP contribution in [0.15, 0.2) is 59.7 Å². The van der Waals surface area contributed by atoms with Crippen LogP contribution in [0.5, 0.6) is 11.5 Å². The van der Waals surface area contributed by atoms with Gasteiger partial charge in [0.15, 0.2) is 11.5 Å². The van der Waals surface area contributed by atoms with Crippen molar-refractivity contribution in [1.82, 2.24) is 5.43 Å². The molecule has 0 spiro atoms. The molecule has 12 heteroatoms. The molecule has 0 saturated carbocycles. The second-order valence-corrected chi connectivity index (χ2v) is 9.67. The molecule has 0 radical (unpaired) electrons. The van der Waals surface area contributed by atoms with Crippen LogP contribution in [0.1, 0.15) is 20.8 Å². The Kier molecular flexibility index (Phi) is 7.95. The number of non-ortho nitro benzene ring substituents is 1. The van der Waals surface area contributed by atoms with Gasteiger partial charge in [-0.3, -0.25) is 14.9 Å². The molecule has 4 rings (SSSR count). The van der Waals surface area contributed by atoms with Crippen molar-refractivity contribution in [2.24, 2.45) is 5.10 Å². The lowest BCUT2D eigenvalue weighted by Gasteiger charge is -2.13. The lowest BCUT2D eigenvalue weighted by atomic mass is 10.2. The quantitative estimate of drug-likeness (QED) is 0.139. The monoisotopic (exact) mass is 563 g/mol. The number of nitro benzene ring substituents is 1. The Hall–Kier alpha value is -3.37. The first kappa shape index (κ1) is 25.7. The molecule has 4 aromatic rings. The Bertz CT molecular complexity index is 1510. The highest BCUT2D eigenvalue weighted by Crippen LogP contribution is 2.37. The molecule has 1 heterocycles. The molecule has 1 N–H and O–H groups in total. The summed E-state index contributed by atoms with van der Waals surface area (Å²) in [6.45, 7) is 0.189. The van der Waals surface area contributed by atoms with E-state index in [0.29, 0.717) is 37.4 Å². The topological polar surface area (TPSA) is 103 Å². The summed E-state index contributed by atoms with van der Waals surface area (Å²) in [6.07, 6.45) is 1.41. The number of hydrazone groups is 1. The van der Waals surface area contributed by atoms with Crippen molar-refractivity contribution in [1.29, 1.82) is 0 Å².